The summed E-state index contributed by atoms with van der Waals surface area (Å²) in [7, 11) is 2.77. The number of Topliss-reactive ketones (excluding diaryl/α,β-unsaturated/α-hetero) is 1. The van der Waals surface area contributed by atoms with Gasteiger partial charge in [0.15, 0.2) is 18.1 Å². The quantitative estimate of drug-likeness (QED) is 0.0298. The van der Waals surface area contributed by atoms with Gasteiger partial charge in [-0.05, 0) is 94.6 Å². The number of aliphatic carboxylic acids is 1. The first-order valence-corrected chi connectivity index (χ1v) is 26.8. The molecule has 0 radical (unpaired) electrons. The number of carboxylic acid groups (broad SMARTS) is 1. The smallest absolute Gasteiger partial charge is 0.480 e. The molecule has 7 N–H and O–H groups in total. The van der Waals surface area contributed by atoms with E-state index in [2.05, 4.69) is 10.6 Å². The van der Waals surface area contributed by atoms with Gasteiger partial charge < -0.3 is 60.4 Å². The summed E-state index contributed by atoms with van der Waals surface area (Å²) in [6, 6.07) is -3.86. The van der Waals surface area contributed by atoms with Crippen LogP contribution >= 0.6 is 0 Å². The molecule has 79 heavy (non-hydrogen) atoms. The third-order valence-corrected chi connectivity index (χ3v) is 16.7. The summed E-state index contributed by atoms with van der Waals surface area (Å²) in [5.41, 5.74) is -0.869. The monoisotopic (exact) mass is 1120 g/mol. The molecule has 13 atom stereocenters. The average Bonchev–Trinajstić information content (AvgIpc) is 3.90. The van der Waals surface area contributed by atoms with Gasteiger partial charge in [0.1, 0.15) is 29.8 Å². The Labute approximate surface area is 459 Å². The molecular formula is C55H80FN5O18. The summed E-state index contributed by atoms with van der Waals surface area (Å²) in [4.78, 5) is 143. The van der Waals surface area contributed by atoms with Crippen molar-refractivity contribution >= 4 is 65.2 Å². The Morgan fingerprint density at radius 2 is 1.59 bits per heavy atom. The number of aliphatic hydroxyl groups is 2. The lowest BCUT2D eigenvalue weighted by Gasteiger charge is -2.62. The van der Waals surface area contributed by atoms with E-state index in [0.717, 1.165) is 4.90 Å². The highest BCUT2D eigenvalue weighted by Crippen LogP contribution is 2.70. The third kappa shape index (κ3) is 14.6. The van der Waals surface area contributed by atoms with Gasteiger partial charge in [0.25, 0.3) is 0 Å². The Morgan fingerprint density at radius 1 is 0.937 bits per heavy atom. The summed E-state index contributed by atoms with van der Waals surface area (Å²) in [6.45, 7) is 11.3. The SMILES string of the molecule is C/C=C/C[C@@H](C)[C@H](CC(=O)N[C@@H](CC)C(=O)N(C)CC(=O)N(C)[C@@H](CC(C)C)C(N)=O)OC(=O)OCOC(=O)C[C@H](NC(=O)CCC(=O)OCC(=O)[C@@]1(O)[C@@H](C)CC2C3CCC4=CC(=O)C=C[C@]4(C)[C@@]3(F)[C@@H](O)C[C@@]21C)C(=O)O. The number of hydrogen-bond donors (Lipinski definition) is 6. The number of primary amides is 1. The van der Waals surface area contributed by atoms with Crippen LogP contribution in [0.2, 0.25) is 0 Å². The second kappa shape index (κ2) is 27.1. The van der Waals surface area contributed by atoms with Crippen LogP contribution in [0.15, 0.2) is 36.0 Å². The first kappa shape index (κ1) is 65.0. The molecule has 0 bridgehead atoms. The van der Waals surface area contributed by atoms with Gasteiger partial charge in [-0.1, -0.05) is 65.3 Å². The number of carboxylic acids is 1. The minimum atomic E-state index is -2.20. The van der Waals surface area contributed by atoms with E-state index in [0.29, 0.717) is 24.8 Å². The van der Waals surface area contributed by atoms with Gasteiger partial charge >= 0.3 is 24.1 Å². The molecule has 0 aromatic carbocycles. The molecule has 0 heterocycles. The van der Waals surface area contributed by atoms with Gasteiger partial charge in [-0.3, -0.25) is 43.2 Å². The number of halogens is 1. The number of ether oxygens (including phenoxy) is 4. The molecule has 0 aromatic heterocycles. The van der Waals surface area contributed by atoms with Crippen molar-refractivity contribution in [1.29, 1.82) is 0 Å². The number of amides is 5. The van der Waals surface area contributed by atoms with Crippen LogP contribution < -0.4 is 16.4 Å². The number of aliphatic hydroxyl groups excluding tert-OH is 1. The van der Waals surface area contributed by atoms with Crippen molar-refractivity contribution in [2.45, 2.75) is 168 Å². The molecule has 5 amide bonds. The van der Waals surface area contributed by atoms with Crippen molar-refractivity contribution < 1.29 is 91.4 Å². The number of nitrogens with zero attached hydrogens (tertiary/aromatic N) is 2. The molecule has 4 rings (SSSR count). The Kier molecular flexibility index (Phi) is 22.3. The van der Waals surface area contributed by atoms with E-state index in [9.17, 15) is 68.1 Å². The average molecular weight is 1120 g/mol. The summed E-state index contributed by atoms with van der Waals surface area (Å²) >= 11 is 0. The maximum Gasteiger partial charge on any atom is 0.511 e. The first-order chi connectivity index (χ1) is 36.8. The van der Waals surface area contributed by atoms with E-state index in [1.54, 1.807) is 53.7 Å². The fourth-order valence-corrected chi connectivity index (χ4v) is 12.1. The molecule has 23 nitrogen and oxygen atoms in total. The lowest BCUT2D eigenvalue weighted by atomic mass is 9.44. The topological polar surface area (TPSA) is 342 Å². The zero-order valence-corrected chi connectivity index (χ0v) is 46.9. The van der Waals surface area contributed by atoms with Crippen molar-refractivity contribution in [3.8, 4) is 0 Å². The highest BCUT2D eigenvalue weighted by Gasteiger charge is 2.75. The van der Waals surface area contributed by atoms with Gasteiger partial charge in [0.2, 0.25) is 42.1 Å². The van der Waals surface area contributed by atoms with Crippen LogP contribution in [0.5, 0.6) is 0 Å². The normalized spacial score (nSPS) is 27.8. The minimum Gasteiger partial charge on any atom is -0.480 e. The summed E-state index contributed by atoms with van der Waals surface area (Å²) in [6.07, 6.45) is 2.17. The van der Waals surface area contributed by atoms with Crippen LogP contribution in [0.25, 0.3) is 0 Å². The number of carbonyl (C=O) groups excluding carboxylic acids is 10. The highest BCUT2D eigenvalue weighted by molar-refractivity contribution is 6.01. The van der Waals surface area contributed by atoms with Gasteiger partial charge in [-0.15, -0.1) is 0 Å². The Balaban J connectivity index is 1.24. The predicted molar refractivity (Wildman–Crippen MR) is 278 cm³/mol. The Morgan fingerprint density at radius 3 is 2.20 bits per heavy atom. The van der Waals surface area contributed by atoms with Crippen molar-refractivity contribution in [2.24, 2.45) is 46.2 Å². The maximum atomic E-state index is 17.5. The summed E-state index contributed by atoms with van der Waals surface area (Å²) in [5.74, 6) is -11.2. The maximum absolute atomic E-state index is 17.5. The molecule has 0 aliphatic heterocycles. The number of esters is 2. The second-order valence-electron chi connectivity index (χ2n) is 22.4. The Hall–Kier alpha value is -6.56. The van der Waals surface area contributed by atoms with E-state index in [-0.39, 0.29) is 37.4 Å². The number of rotatable bonds is 27. The zero-order valence-electron chi connectivity index (χ0n) is 46.9. The lowest BCUT2D eigenvalue weighted by Crippen LogP contribution is -2.69. The van der Waals surface area contributed by atoms with Crippen molar-refractivity contribution in [2.75, 3.05) is 34.0 Å². The number of ketones is 2. The van der Waals surface area contributed by atoms with Crippen LogP contribution in [0.1, 0.15) is 126 Å². The van der Waals surface area contributed by atoms with Crippen molar-refractivity contribution in [3.05, 3.63) is 36.0 Å². The fourth-order valence-electron chi connectivity index (χ4n) is 12.1. The molecular weight excluding hydrogens is 1040 g/mol. The standard InChI is InChI=1S/C55H80FN5O18/c1-11-13-14-31(5)40(25-44(66)58-37(12-2)49(71)60(9)27-45(67)61(10)39(48(57)70)21-30(3)4)79-51(74)78-29-77-47(69)24-38(50(72)73)59-43(65)17-18-46(68)76-28-42(64)55(75)32(6)22-36-35-16-15-33-23-34(62)19-20-52(33,7)54(35,56)41(63)26-53(36,55)8/h11,13,19-20,23,30-32,35-41,63,75H,12,14-18,21-22,24-29H2,1-10H3,(H2,57,70)(H,58,66)(H,59,65)(H,72,73)/b13-11+/t31-,32+,35?,36?,37+,38+,39+,40+,41+,52+,53+,54+,55+/m1/s1. The van der Waals surface area contributed by atoms with Gasteiger partial charge in [0, 0.05) is 37.3 Å². The molecule has 4 aliphatic carbocycles. The largest absolute Gasteiger partial charge is 0.511 e. The first-order valence-electron chi connectivity index (χ1n) is 26.8. The lowest BCUT2D eigenvalue weighted by molar-refractivity contribution is -0.220. The van der Waals surface area contributed by atoms with Crippen LogP contribution in [-0.4, -0.2) is 166 Å². The van der Waals surface area contributed by atoms with Crippen molar-refractivity contribution in [1.82, 2.24) is 20.4 Å². The number of likely N-dealkylation sites (N-methyl/N-ethyl adjacent to an activating group) is 2. The second-order valence-corrected chi connectivity index (χ2v) is 22.4. The molecule has 2 unspecified atom stereocenters. The van der Waals surface area contributed by atoms with Crippen LogP contribution in [0.4, 0.5) is 9.18 Å². The van der Waals surface area contributed by atoms with E-state index in [1.165, 1.54) is 37.2 Å². The van der Waals surface area contributed by atoms with E-state index in [1.807, 2.05) is 13.8 Å². The summed E-state index contributed by atoms with van der Waals surface area (Å²) in [5, 5.41) is 38.2. The number of nitrogens with two attached hydrogens (primary N) is 1. The number of fused-ring (bicyclic) bond motifs is 5. The minimum absolute atomic E-state index is 0.0486. The van der Waals surface area contributed by atoms with Gasteiger partial charge in [-0.25, -0.2) is 14.0 Å². The predicted octanol–water partition coefficient (Wildman–Crippen LogP) is 2.91. The molecule has 4 aliphatic rings. The zero-order chi connectivity index (χ0) is 59.5. The highest BCUT2D eigenvalue weighted by atomic mass is 19.1. The number of hydrogen-bond acceptors (Lipinski definition) is 17. The van der Waals surface area contributed by atoms with Crippen LogP contribution in [0, 0.1) is 40.4 Å². The molecule has 3 fully saturated rings. The Bertz CT molecular complexity index is 2450. The molecule has 3 saturated carbocycles. The van der Waals surface area contributed by atoms with Crippen LogP contribution in [-0.2, 0) is 66.9 Å². The number of allylic oxidation sites excluding steroid dienone is 6. The summed E-state index contributed by atoms with van der Waals surface area (Å²) < 4.78 is 37.8. The van der Waals surface area contributed by atoms with E-state index >= 15 is 4.39 Å². The molecule has 440 valence electrons. The number of carbonyl (C=O) groups is 11. The number of nitrogens with one attached hydrogen (secondary N) is 2. The number of alkyl halides is 1. The van der Waals surface area contributed by atoms with E-state index in [4.69, 9.17) is 24.7 Å². The molecule has 24 heteroatoms. The van der Waals surface area contributed by atoms with Gasteiger partial charge in [0.05, 0.1) is 31.9 Å². The van der Waals surface area contributed by atoms with Crippen molar-refractivity contribution in [3.63, 3.8) is 0 Å². The van der Waals surface area contributed by atoms with E-state index < -0.39 is 181 Å². The van der Waals surface area contributed by atoms with Crippen LogP contribution in [0.3, 0.4) is 0 Å². The fraction of sp³-hybridized carbons (Fsp3) is 0.691. The molecule has 0 aromatic rings. The molecule has 0 spiro atoms. The van der Waals surface area contributed by atoms with Gasteiger partial charge in [-0.2, -0.15) is 0 Å². The molecule has 0 saturated heterocycles. The third-order valence-electron chi connectivity index (χ3n) is 16.7.